The molecule has 0 spiro atoms. The zero-order valence-corrected chi connectivity index (χ0v) is 15.5. The molecule has 8 heteroatoms. The molecule has 7 nitrogen and oxygen atoms in total. The molecule has 2 amide bonds. The highest BCUT2D eigenvalue weighted by Crippen LogP contribution is 2.23. The molecule has 0 bridgehead atoms. The second kappa shape index (κ2) is 7.23. The molecule has 1 saturated carbocycles. The first-order chi connectivity index (χ1) is 12.6. The van der Waals surface area contributed by atoms with Crippen LogP contribution in [0.3, 0.4) is 0 Å². The number of hydrogen-bond donors (Lipinski definition) is 2. The summed E-state index contributed by atoms with van der Waals surface area (Å²) in [4.78, 5) is 21.3. The van der Waals surface area contributed by atoms with Crippen LogP contribution in [0.4, 0.5) is 4.79 Å². The van der Waals surface area contributed by atoms with Crippen molar-refractivity contribution in [3.63, 3.8) is 0 Å². The Labute approximate surface area is 157 Å². The molecule has 1 fully saturated rings. The SMILES string of the molecule is CN1CC(c2cc3c(nc2Cl)=CCC(NC(=O)NC2CCCC2)N=3)C=N1. The smallest absolute Gasteiger partial charge is 0.316 e. The molecule has 0 radical (unpaired) electrons. The second-order valence-corrected chi connectivity index (χ2v) is 7.53. The van der Waals surface area contributed by atoms with Crippen LogP contribution in [0.1, 0.15) is 43.6 Å². The highest BCUT2D eigenvalue weighted by atomic mass is 35.5. The number of halogens is 1. The summed E-state index contributed by atoms with van der Waals surface area (Å²) in [5.41, 5.74) is 0.923. The highest BCUT2D eigenvalue weighted by molar-refractivity contribution is 6.30. The number of amides is 2. The van der Waals surface area contributed by atoms with Gasteiger partial charge in [-0.3, -0.25) is 10.0 Å². The van der Waals surface area contributed by atoms with Crippen molar-refractivity contribution in [1.29, 1.82) is 0 Å². The number of rotatable bonds is 3. The second-order valence-electron chi connectivity index (χ2n) is 7.17. The van der Waals surface area contributed by atoms with Gasteiger partial charge in [0, 0.05) is 43.8 Å². The van der Waals surface area contributed by atoms with E-state index in [2.05, 4.69) is 25.7 Å². The topological polar surface area (TPSA) is 82.0 Å². The Morgan fingerprint density at radius 3 is 2.85 bits per heavy atom. The van der Waals surface area contributed by atoms with Crippen LogP contribution in [0.5, 0.6) is 0 Å². The van der Waals surface area contributed by atoms with Gasteiger partial charge in [0.1, 0.15) is 11.3 Å². The maximum absolute atomic E-state index is 12.2. The van der Waals surface area contributed by atoms with Crippen molar-refractivity contribution >= 4 is 29.9 Å². The van der Waals surface area contributed by atoms with Crippen LogP contribution in [0, 0.1) is 0 Å². The minimum Gasteiger partial charge on any atom is -0.335 e. The zero-order chi connectivity index (χ0) is 18.1. The van der Waals surface area contributed by atoms with Crippen molar-refractivity contribution in [2.75, 3.05) is 13.6 Å². The third-order valence-corrected chi connectivity index (χ3v) is 5.44. The third-order valence-electron chi connectivity index (χ3n) is 5.13. The van der Waals surface area contributed by atoms with E-state index in [0.717, 1.165) is 35.7 Å². The van der Waals surface area contributed by atoms with Crippen LogP contribution in [0.25, 0.3) is 6.08 Å². The lowest BCUT2D eigenvalue weighted by Crippen LogP contribution is -2.47. The zero-order valence-electron chi connectivity index (χ0n) is 14.8. The molecule has 1 aromatic rings. The largest absolute Gasteiger partial charge is 0.335 e. The van der Waals surface area contributed by atoms with Gasteiger partial charge in [-0.25, -0.2) is 9.78 Å². The number of carbonyl (C=O) groups is 1. The summed E-state index contributed by atoms with van der Waals surface area (Å²) in [7, 11) is 1.93. The number of likely N-dealkylation sites (N-methyl/N-ethyl adjacent to an activating group) is 1. The Morgan fingerprint density at radius 2 is 2.12 bits per heavy atom. The summed E-state index contributed by atoms with van der Waals surface area (Å²) in [6, 6.07) is 2.12. The van der Waals surface area contributed by atoms with Crippen LogP contribution < -0.4 is 21.3 Å². The summed E-state index contributed by atoms with van der Waals surface area (Å²) >= 11 is 6.37. The van der Waals surface area contributed by atoms with Crippen LogP contribution in [-0.4, -0.2) is 48.0 Å². The minimum absolute atomic E-state index is 0.111. The van der Waals surface area contributed by atoms with Gasteiger partial charge in [-0.2, -0.15) is 5.10 Å². The number of carbonyl (C=O) groups excluding carboxylic acids is 1. The average Bonchev–Trinajstić information content (AvgIpc) is 3.26. The Bertz CT molecular complexity index is 848. The lowest BCUT2D eigenvalue weighted by molar-refractivity contribution is 0.233. The normalized spacial score (nSPS) is 24.8. The average molecular weight is 375 g/mol. The van der Waals surface area contributed by atoms with Crippen LogP contribution in [-0.2, 0) is 0 Å². The van der Waals surface area contributed by atoms with Crippen molar-refractivity contribution in [3.8, 4) is 0 Å². The Balaban J connectivity index is 1.51. The van der Waals surface area contributed by atoms with E-state index >= 15 is 0 Å². The van der Waals surface area contributed by atoms with E-state index < -0.39 is 0 Å². The number of nitrogens with one attached hydrogen (secondary N) is 2. The van der Waals surface area contributed by atoms with Crippen molar-refractivity contribution < 1.29 is 4.79 Å². The molecule has 2 atom stereocenters. The molecule has 4 rings (SSSR count). The number of nitrogens with zero attached hydrogens (tertiary/aromatic N) is 4. The molecule has 0 saturated heterocycles. The minimum atomic E-state index is -0.278. The monoisotopic (exact) mass is 374 g/mol. The number of pyridine rings is 1. The summed E-state index contributed by atoms with van der Waals surface area (Å²) in [5, 5.41) is 14.2. The van der Waals surface area contributed by atoms with E-state index in [-0.39, 0.29) is 18.1 Å². The highest BCUT2D eigenvalue weighted by Gasteiger charge is 2.22. The molecular weight excluding hydrogens is 352 g/mol. The molecule has 2 N–H and O–H groups in total. The number of aromatic nitrogens is 1. The first-order valence-corrected chi connectivity index (χ1v) is 9.53. The molecule has 2 aliphatic heterocycles. The predicted octanol–water partition coefficient (Wildman–Crippen LogP) is 1.12. The number of urea groups is 1. The molecular formula is C18H23ClN6O. The van der Waals surface area contributed by atoms with Crippen LogP contribution in [0.15, 0.2) is 16.2 Å². The fourth-order valence-corrected chi connectivity index (χ4v) is 4.04. The van der Waals surface area contributed by atoms with Crippen molar-refractivity contribution in [3.05, 3.63) is 27.5 Å². The third kappa shape index (κ3) is 3.67. The summed E-state index contributed by atoms with van der Waals surface area (Å²) in [5.74, 6) is 0.111. The first-order valence-electron chi connectivity index (χ1n) is 9.15. The lowest BCUT2D eigenvalue weighted by Gasteiger charge is -2.19. The van der Waals surface area contributed by atoms with E-state index in [4.69, 9.17) is 11.6 Å². The number of hydrazone groups is 1. The number of hydrogen-bond acceptors (Lipinski definition) is 5. The van der Waals surface area contributed by atoms with Gasteiger partial charge in [0.2, 0.25) is 0 Å². The standard InChI is InChI=1S/C18H23ClN6O/c1-25-10-11(9-20-25)13-8-15-14(23-17(13)19)6-7-16(22-15)24-18(26)21-12-4-2-3-5-12/h6,8-9,11-12,16H,2-5,7,10H2,1H3,(H2,21,24,26). The van der Waals surface area contributed by atoms with E-state index in [0.29, 0.717) is 17.6 Å². The molecule has 0 aromatic carbocycles. The number of fused-ring (bicyclic) bond motifs is 1. The van der Waals surface area contributed by atoms with Crippen LogP contribution in [0.2, 0.25) is 5.15 Å². The maximum Gasteiger partial charge on any atom is 0.316 e. The van der Waals surface area contributed by atoms with Crippen LogP contribution >= 0.6 is 11.6 Å². The summed E-state index contributed by atoms with van der Waals surface area (Å²) < 4.78 is 0. The maximum atomic E-state index is 12.2. The van der Waals surface area contributed by atoms with Gasteiger partial charge < -0.3 is 10.6 Å². The Morgan fingerprint density at radius 1 is 1.31 bits per heavy atom. The van der Waals surface area contributed by atoms with E-state index in [1.807, 2.05) is 30.4 Å². The van der Waals surface area contributed by atoms with Gasteiger partial charge in [0.15, 0.2) is 0 Å². The van der Waals surface area contributed by atoms with E-state index in [1.54, 1.807) is 0 Å². The molecule has 2 unspecified atom stereocenters. The van der Waals surface area contributed by atoms with Gasteiger partial charge in [-0.1, -0.05) is 30.5 Å². The molecule has 26 heavy (non-hydrogen) atoms. The lowest BCUT2D eigenvalue weighted by atomic mass is 10.0. The van der Waals surface area contributed by atoms with Crippen molar-refractivity contribution in [2.45, 2.75) is 50.2 Å². The summed E-state index contributed by atoms with van der Waals surface area (Å²) in [6.45, 7) is 0.773. The Hall–Kier alpha value is -2.15. The fraction of sp³-hybridized carbons (Fsp3) is 0.556. The molecule has 1 aromatic heterocycles. The van der Waals surface area contributed by atoms with Gasteiger partial charge >= 0.3 is 6.03 Å². The molecule has 3 aliphatic rings. The first kappa shape index (κ1) is 17.3. The predicted molar refractivity (Wildman–Crippen MR) is 101 cm³/mol. The van der Waals surface area contributed by atoms with Gasteiger partial charge in [0.25, 0.3) is 0 Å². The van der Waals surface area contributed by atoms with Gasteiger partial charge in [-0.15, -0.1) is 0 Å². The summed E-state index contributed by atoms with van der Waals surface area (Å²) in [6.07, 6.45) is 8.70. The fourth-order valence-electron chi connectivity index (χ4n) is 3.76. The van der Waals surface area contributed by atoms with Crippen molar-refractivity contribution in [2.24, 2.45) is 10.1 Å². The van der Waals surface area contributed by atoms with Crippen molar-refractivity contribution in [1.82, 2.24) is 20.6 Å². The van der Waals surface area contributed by atoms with E-state index in [1.165, 1.54) is 12.8 Å². The van der Waals surface area contributed by atoms with Gasteiger partial charge in [0.05, 0.1) is 10.7 Å². The Kier molecular flexibility index (Phi) is 4.80. The molecule has 138 valence electrons. The van der Waals surface area contributed by atoms with Gasteiger partial charge in [-0.05, 0) is 18.9 Å². The van der Waals surface area contributed by atoms with E-state index in [9.17, 15) is 4.79 Å². The molecule has 3 heterocycles. The molecule has 1 aliphatic carbocycles. The quantitative estimate of drug-likeness (QED) is 0.778.